The van der Waals surface area contributed by atoms with E-state index in [2.05, 4.69) is 15.9 Å². The summed E-state index contributed by atoms with van der Waals surface area (Å²) in [5.41, 5.74) is 0.517. The van der Waals surface area contributed by atoms with Crippen molar-refractivity contribution in [2.75, 3.05) is 24.6 Å². The van der Waals surface area contributed by atoms with Crippen molar-refractivity contribution < 1.29 is 24.2 Å². The van der Waals surface area contributed by atoms with E-state index in [9.17, 15) is 19.5 Å². The molecule has 0 aromatic heterocycles. The smallest absolute Gasteiger partial charge is 0.326 e. The van der Waals surface area contributed by atoms with Crippen LogP contribution in [0.1, 0.15) is 12.8 Å². The van der Waals surface area contributed by atoms with Gasteiger partial charge in [-0.25, -0.2) is 4.79 Å². The first-order valence-corrected chi connectivity index (χ1v) is 8.01. The highest BCUT2D eigenvalue weighted by molar-refractivity contribution is 9.10. The number of rotatable bonds is 3. The second-order valence-corrected chi connectivity index (χ2v) is 6.38. The number of ether oxygens (including phenoxy) is 1. The van der Waals surface area contributed by atoms with E-state index in [1.54, 1.807) is 18.2 Å². The maximum atomic E-state index is 12.5. The molecule has 0 bridgehead atoms. The summed E-state index contributed by atoms with van der Waals surface area (Å²) in [4.78, 5) is 38.5. The summed E-state index contributed by atoms with van der Waals surface area (Å²) >= 11 is 3.33. The number of anilines is 1. The minimum Gasteiger partial charge on any atom is -0.482 e. The zero-order valence-corrected chi connectivity index (χ0v) is 13.8. The number of aliphatic carboxylic acids is 1. The first-order valence-electron chi connectivity index (χ1n) is 7.22. The van der Waals surface area contributed by atoms with Crippen LogP contribution < -0.4 is 9.64 Å². The SMILES string of the molecule is O=C(O)C1CCCN1C(=O)CN1C(=O)COc2cc(Br)ccc21. The summed E-state index contributed by atoms with van der Waals surface area (Å²) < 4.78 is 6.18. The zero-order chi connectivity index (χ0) is 16.6. The highest BCUT2D eigenvalue weighted by Gasteiger charge is 2.36. The van der Waals surface area contributed by atoms with Crippen LogP contribution in [0.4, 0.5) is 5.69 Å². The number of halogens is 1. The molecule has 23 heavy (non-hydrogen) atoms. The standard InChI is InChI=1S/C15H15BrN2O5/c16-9-3-4-10-12(6-9)23-8-14(20)18(10)7-13(19)17-5-1-2-11(17)15(21)22/h3-4,6,11H,1-2,5,7-8H2,(H,21,22). The number of benzene rings is 1. The summed E-state index contributed by atoms with van der Waals surface area (Å²) in [5, 5.41) is 9.18. The molecule has 0 aliphatic carbocycles. The Labute approximate surface area is 140 Å². The Morgan fingerprint density at radius 2 is 2.17 bits per heavy atom. The monoisotopic (exact) mass is 382 g/mol. The van der Waals surface area contributed by atoms with Crippen LogP contribution in [0.2, 0.25) is 0 Å². The Balaban J connectivity index is 1.81. The van der Waals surface area contributed by atoms with E-state index in [4.69, 9.17) is 4.74 Å². The fourth-order valence-corrected chi connectivity index (χ4v) is 3.24. The molecule has 2 aliphatic rings. The summed E-state index contributed by atoms with van der Waals surface area (Å²) in [6, 6.07) is 4.38. The van der Waals surface area contributed by atoms with Crippen molar-refractivity contribution in [2.24, 2.45) is 0 Å². The van der Waals surface area contributed by atoms with Crippen LogP contribution in [-0.4, -0.2) is 53.5 Å². The lowest BCUT2D eigenvalue weighted by Crippen LogP contribution is -2.49. The average molecular weight is 383 g/mol. The van der Waals surface area contributed by atoms with Crippen LogP contribution in [0.5, 0.6) is 5.75 Å². The number of nitrogens with zero attached hydrogens (tertiary/aromatic N) is 2. The second kappa shape index (κ2) is 6.19. The molecule has 1 unspecified atom stereocenters. The van der Waals surface area contributed by atoms with Crippen molar-refractivity contribution in [2.45, 2.75) is 18.9 Å². The van der Waals surface area contributed by atoms with E-state index < -0.39 is 12.0 Å². The molecule has 122 valence electrons. The number of hydrogen-bond donors (Lipinski definition) is 1. The van der Waals surface area contributed by atoms with Gasteiger partial charge < -0.3 is 14.7 Å². The summed E-state index contributed by atoms with van der Waals surface area (Å²) in [7, 11) is 0. The quantitative estimate of drug-likeness (QED) is 0.849. The molecule has 2 aliphatic heterocycles. The lowest BCUT2D eigenvalue weighted by molar-refractivity contribution is -0.147. The Hall–Kier alpha value is -2.09. The topological polar surface area (TPSA) is 87.2 Å². The van der Waals surface area contributed by atoms with Gasteiger partial charge in [-0.15, -0.1) is 0 Å². The molecule has 1 atom stereocenters. The number of hydrogen-bond acceptors (Lipinski definition) is 4. The van der Waals surface area contributed by atoms with Gasteiger partial charge in [0.15, 0.2) is 6.61 Å². The normalized spacial score (nSPS) is 20.2. The van der Waals surface area contributed by atoms with E-state index in [0.717, 1.165) is 4.47 Å². The molecule has 0 spiro atoms. The van der Waals surface area contributed by atoms with Gasteiger partial charge in [-0.1, -0.05) is 15.9 Å². The van der Waals surface area contributed by atoms with Crippen molar-refractivity contribution in [3.63, 3.8) is 0 Å². The molecular weight excluding hydrogens is 368 g/mol. The van der Waals surface area contributed by atoms with Crippen LogP contribution >= 0.6 is 15.9 Å². The molecule has 0 radical (unpaired) electrons. The van der Waals surface area contributed by atoms with Crippen molar-refractivity contribution in [3.8, 4) is 5.75 Å². The molecule has 3 rings (SSSR count). The number of fused-ring (bicyclic) bond motifs is 1. The van der Waals surface area contributed by atoms with Crippen molar-refractivity contribution in [3.05, 3.63) is 22.7 Å². The van der Waals surface area contributed by atoms with E-state index in [1.807, 2.05) is 0 Å². The molecule has 1 aromatic rings. The van der Waals surface area contributed by atoms with Crippen LogP contribution in [0.25, 0.3) is 0 Å². The second-order valence-electron chi connectivity index (χ2n) is 5.46. The number of carbonyl (C=O) groups is 3. The van der Waals surface area contributed by atoms with Gasteiger partial charge in [0.25, 0.3) is 5.91 Å². The molecule has 2 heterocycles. The maximum Gasteiger partial charge on any atom is 0.326 e. The number of carboxylic acids is 1. The van der Waals surface area contributed by atoms with E-state index >= 15 is 0 Å². The largest absolute Gasteiger partial charge is 0.482 e. The molecule has 7 nitrogen and oxygen atoms in total. The number of carbonyl (C=O) groups excluding carboxylic acids is 2. The number of carboxylic acid groups (broad SMARTS) is 1. The molecule has 8 heteroatoms. The highest BCUT2D eigenvalue weighted by atomic mass is 79.9. The summed E-state index contributed by atoms with van der Waals surface area (Å²) in [6.07, 6.45) is 1.10. The van der Waals surface area contributed by atoms with Gasteiger partial charge in [0.05, 0.1) is 5.69 Å². The van der Waals surface area contributed by atoms with Crippen LogP contribution in [-0.2, 0) is 14.4 Å². The first kappa shape index (κ1) is 15.8. The lowest BCUT2D eigenvalue weighted by Gasteiger charge is -2.31. The van der Waals surface area contributed by atoms with Crippen molar-refractivity contribution in [1.29, 1.82) is 0 Å². The van der Waals surface area contributed by atoms with Crippen LogP contribution in [0, 0.1) is 0 Å². The summed E-state index contributed by atoms with van der Waals surface area (Å²) in [6.45, 7) is 0.0845. The van der Waals surface area contributed by atoms with Gasteiger partial charge >= 0.3 is 5.97 Å². The van der Waals surface area contributed by atoms with E-state index in [0.29, 0.717) is 30.8 Å². The molecule has 1 N–H and O–H groups in total. The fraction of sp³-hybridized carbons (Fsp3) is 0.400. The minimum atomic E-state index is -1.01. The van der Waals surface area contributed by atoms with Crippen LogP contribution in [0.3, 0.4) is 0 Å². The maximum absolute atomic E-state index is 12.5. The van der Waals surface area contributed by atoms with E-state index in [-0.39, 0.29) is 25.0 Å². The molecule has 2 amide bonds. The molecule has 0 saturated carbocycles. The van der Waals surface area contributed by atoms with Gasteiger partial charge in [-0.3, -0.25) is 14.5 Å². The third-order valence-electron chi connectivity index (χ3n) is 4.02. The molecule has 1 fully saturated rings. The third-order valence-corrected chi connectivity index (χ3v) is 4.51. The number of likely N-dealkylation sites (tertiary alicyclic amines) is 1. The zero-order valence-electron chi connectivity index (χ0n) is 12.2. The Bertz CT molecular complexity index is 678. The minimum absolute atomic E-state index is 0.140. The van der Waals surface area contributed by atoms with Crippen LogP contribution in [0.15, 0.2) is 22.7 Å². The predicted molar refractivity (Wildman–Crippen MR) is 84.4 cm³/mol. The first-order chi connectivity index (χ1) is 11.0. The predicted octanol–water partition coefficient (Wildman–Crippen LogP) is 1.25. The molecule has 1 aromatic carbocycles. The number of amides is 2. The van der Waals surface area contributed by atoms with Crippen molar-refractivity contribution in [1.82, 2.24) is 4.90 Å². The molecular formula is C15H15BrN2O5. The Morgan fingerprint density at radius 3 is 2.91 bits per heavy atom. The van der Waals surface area contributed by atoms with Gasteiger partial charge in [0, 0.05) is 11.0 Å². The lowest BCUT2D eigenvalue weighted by atomic mass is 10.2. The molecule has 1 saturated heterocycles. The summed E-state index contributed by atoms with van der Waals surface area (Å²) in [5.74, 6) is -1.17. The average Bonchev–Trinajstić information content (AvgIpc) is 3.00. The fourth-order valence-electron chi connectivity index (χ4n) is 2.90. The third kappa shape index (κ3) is 3.03. The highest BCUT2D eigenvalue weighted by Crippen LogP contribution is 2.34. The Morgan fingerprint density at radius 1 is 1.39 bits per heavy atom. The van der Waals surface area contributed by atoms with Gasteiger partial charge in [-0.2, -0.15) is 0 Å². The van der Waals surface area contributed by atoms with Gasteiger partial charge in [-0.05, 0) is 31.0 Å². The van der Waals surface area contributed by atoms with Crippen molar-refractivity contribution >= 4 is 39.4 Å². The van der Waals surface area contributed by atoms with E-state index in [1.165, 1.54) is 9.80 Å². The Kier molecular flexibility index (Phi) is 4.25. The van der Waals surface area contributed by atoms with Gasteiger partial charge in [0.2, 0.25) is 5.91 Å². The van der Waals surface area contributed by atoms with Gasteiger partial charge in [0.1, 0.15) is 18.3 Å².